The highest BCUT2D eigenvalue weighted by molar-refractivity contribution is 9.10. The minimum atomic E-state index is -0.431. The van der Waals surface area contributed by atoms with Crippen molar-refractivity contribution >= 4 is 33.5 Å². The molecule has 84 valence electrons. The SMILES string of the molecule is COC(=O)c1cc(Br)cc2c1N(C)C(=O)C2. The van der Waals surface area contributed by atoms with Gasteiger partial charge < -0.3 is 9.64 Å². The summed E-state index contributed by atoms with van der Waals surface area (Å²) in [6, 6.07) is 3.52. The molecule has 1 aromatic rings. The number of rotatable bonds is 1. The Kier molecular flexibility index (Phi) is 2.71. The van der Waals surface area contributed by atoms with Crippen molar-refractivity contribution in [3.05, 3.63) is 27.7 Å². The number of hydrogen-bond donors (Lipinski definition) is 0. The van der Waals surface area contributed by atoms with Gasteiger partial charge in [0.2, 0.25) is 5.91 Å². The molecule has 1 aliphatic rings. The van der Waals surface area contributed by atoms with Gasteiger partial charge in [0.05, 0.1) is 24.8 Å². The van der Waals surface area contributed by atoms with Gasteiger partial charge >= 0.3 is 5.97 Å². The number of carbonyl (C=O) groups excluding carboxylic acids is 2. The second kappa shape index (κ2) is 3.90. The van der Waals surface area contributed by atoms with Crippen LogP contribution < -0.4 is 4.90 Å². The van der Waals surface area contributed by atoms with Gasteiger partial charge in [0.1, 0.15) is 0 Å². The van der Waals surface area contributed by atoms with Crippen molar-refractivity contribution < 1.29 is 14.3 Å². The van der Waals surface area contributed by atoms with E-state index in [9.17, 15) is 9.59 Å². The van der Waals surface area contributed by atoms with Gasteiger partial charge in [-0.2, -0.15) is 0 Å². The smallest absolute Gasteiger partial charge is 0.340 e. The maximum Gasteiger partial charge on any atom is 0.340 e. The fourth-order valence-electron chi connectivity index (χ4n) is 1.86. The number of nitrogens with zero attached hydrogens (tertiary/aromatic N) is 1. The van der Waals surface area contributed by atoms with E-state index in [-0.39, 0.29) is 5.91 Å². The zero-order valence-electron chi connectivity index (χ0n) is 8.91. The Balaban J connectivity index is 2.63. The van der Waals surface area contributed by atoms with Crippen molar-refractivity contribution in [2.45, 2.75) is 6.42 Å². The first-order chi connectivity index (χ1) is 7.54. The van der Waals surface area contributed by atoms with Crippen molar-refractivity contribution in [1.82, 2.24) is 0 Å². The molecule has 0 aromatic heterocycles. The van der Waals surface area contributed by atoms with E-state index < -0.39 is 5.97 Å². The molecule has 16 heavy (non-hydrogen) atoms. The van der Waals surface area contributed by atoms with Crippen LogP contribution in [0.25, 0.3) is 0 Å². The number of amides is 1. The lowest BCUT2D eigenvalue weighted by Crippen LogP contribution is -2.22. The van der Waals surface area contributed by atoms with Gasteiger partial charge in [-0.15, -0.1) is 0 Å². The third-order valence-corrected chi connectivity index (χ3v) is 3.07. The maximum atomic E-state index is 11.6. The quantitative estimate of drug-likeness (QED) is 0.738. The first-order valence-corrected chi connectivity index (χ1v) is 5.51. The van der Waals surface area contributed by atoms with Gasteiger partial charge in [-0.05, 0) is 17.7 Å². The molecule has 0 radical (unpaired) electrons. The largest absolute Gasteiger partial charge is 0.465 e. The fraction of sp³-hybridized carbons (Fsp3) is 0.273. The first-order valence-electron chi connectivity index (χ1n) is 4.72. The number of likely N-dealkylation sites (N-methyl/N-ethyl adjacent to an activating group) is 1. The average molecular weight is 284 g/mol. The number of anilines is 1. The van der Waals surface area contributed by atoms with E-state index in [1.54, 1.807) is 13.1 Å². The molecular formula is C11H10BrNO3. The molecule has 0 fully saturated rings. The molecular weight excluding hydrogens is 274 g/mol. The van der Waals surface area contributed by atoms with E-state index in [2.05, 4.69) is 15.9 Å². The summed E-state index contributed by atoms with van der Waals surface area (Å²) in [7, 11) is 2.99. The second-order valence-electron chi connectivity index (χ2n) is 3.58. The molecule has 4 nitrogen and oxygen atoms in total. The van der Waals surface area contributed by atoms with E-state index in [1.807, 2.05) is 6.07 Å². The van der Waals surface area contributed by atoms with Crippen molar-refractivity contribution in [3.63, 3.8) is 0 Å². The van der Waals surface area contributed by atoms with Gasteiger partial charge in [-0.25, -0.2) is 4.79 Å². The standard InChI is InChI=1S/C11H10BrNO3/c1-13-9(14)4-6-3-7(12)5-8(10(6)13)11(15)16-2/h3,5H,4H2,1-2H3. The van der Waals surface area contributed by atoms with Crippen LogP contribution in [0.4, 0.5) is 5.69 Å². The Hall–Kier alpha value is -1.36. The normalized spacial score (nSPS) is 13.9. The molecule has 0 spiro atoms. The van der Waals surface area contributed by atoms with Gasteiger partial charge in [0, 0.05) is 11.5 Å². The molecule has 0 bridgehead atoms. The summed E-state index contributed by atoms with van der Waals surface area (Å²) >= 11 is 3.32. The molecule has 0 N–H and O–H groups in total. The Labute approximate surface area is 101 Å². The lowest BCUT2D eigenvalue weighted by atomic mass is 10.1. The van der Waals surface area contributed by atoms with Crippen LogP contribution in [-0.4, -0.2) is 26.0 Å². The Morgan fingerprint density at radius 1 is 1.50 bits per heavy atom. The van der Waals surface area contributed by atoms with Crippen molar-refractivity contribution in [2.24, 2.45) is 0 Å². The van der Waals surface area contributed by atoms with Crippen LogP contribution in [0.2, 0.25) is 0 Å². The fourth-order valence-corrected chi connectivity index (χ4v) is 2.36. The zero-order chi connectivity index (χ0) is 11.9. The van der Waals surface area contributed by atoms with Crippen LogP contribution in [0.15, 0.2) is 16.6 Å². The van der Waals surface area contributed by atoms with Crippen LogP contribution in [0, 0.1) is 0 Å². The maximum absolute atomic E-state index is 11.6. The summed E-state index contributed by atoms with van der Waals surface area (Å²) in [5.74, 6) is -0.447. The lowest BCUT2D eigenvalue weighted by Gasteiger charge is -2.14. The number of methoxy groups -OCH3 is 1. The molecule has 5 heteroatoms. The predicted octanol–water partition coefficient (Wildman–Crippen LogP) is 1.75. The number of fused-ring (bicyclic) bond motifs is 1. The predicted molar refractivity (Wildman–Crippen MR) is 62.6 cm³/mol. The number of halogens is 1. The van der Waals surface area contributed by atoms with E-state index in [0.717, 1.165) is 10.0 Å². The summed E-state index contributed by atoms with van der Waals surface area (Å²) < 4.78 is 5.48. The summed E-state index contributed by atoms with van der Waals surface area (Å²) in [6.07, 6.45) is 0.329. The molecule has 0 aliphatic carbocycles. The van der Waals surface area contributed by atoms with E-state index in [4.69, 9.17) is 4.74 Å². The Morgan fingerprint density at radius 3 is 2.81 bits per heavy atom. The van der Waals surface area contributed by atoms with Gasteiger partial charge in [-0.3, -0.25) is 4.79 Å². The highest BCUT2D eigenvalue weighted by Gasteiger charge is 2.29. The van der Waals surface area contributed by atoms with E-state index >= 15 is 0 Å². The molecule has 2 rings (SSSR count). The van der Waals surface area contributed by atoms with Gasteiger partial charge in [0.25, 0.3) is 0 Å². The molecule has 0 unspecified atom stereocenters. The van der Waals surface area contributed by atoms with Crippen molar-refractivity contribution in [1.29, 1.82) is 0 Å². The molecule has 1 heterocycles. The van der Waals surface area contributed by atoms with Gasteiger partial charge in [0.15, 0.2) is 0 Å². The monoisotopic (exact) mass is 283 g/mol. The average Bonchev–Trinajstić information content (AvgIpc) is 2.52. The third kappa shape index (κ3) is 1.61. The highest BCUT2D eigenvalue weighted by Crippen LogP contribution is 2.34. The van der Waals surface area contributed by atoms with Crippen LogP contribution in [0.1, 0.15) is 15.9 Å². The molecule has 0 saturated carbocycles. The van der Waals surface area contributed by atoms with Crippen LogP contribution in [-0.2, 0) is 16.0 Å². The van der Waals surface area contributed by atoms with Crippen LogP contribution in [0.3, 0.4) is 0 Å². The summed E-state index contributed by atoms with van der Waals surface area (Å²) in [5.41, 5.74) is 1.92. The second-order valence-corrected chi connectivity index (χ2v) is 4.50. The number of hydrogen-bond acceptors (Lipinski definition) is 3. The number of esters is 1. The highest BCUT2D eigenvalue weighted by atomic mass is 79.9. The summed E-state index contributed by atoms with van der Waals surface area (Å²) in [4.78, 5) is 24.7. The number of ether oxygens (including phenoxy) is 1. The first kappa shape index (κ1) is 11.1. The number of benzene rings is 1. The van der Waals surface area contributed by atoms with Crippen molar-refractivity contribution in [2.75, 3.05) is 19.1 Å². The van der Waals surface area contributed by atoms with E-state index in [1.165, 1.54) is 12.0 Å². The third-order valence-electron chi connectivity index (χ3n) is 2.61. The van der Waals surface area contributed by atoms with Crippen LogP contribution >= 0.6 is 15.9 Å². The van der Waals surface area contributed by atoms with E-state index in [0.29, 0.717) is 17.7 Å². The summed E-state index contributed by atoms with van der Waals surface area (Å²) in [6.45, 7) is 0. The molecule has 1 aliphatic heterocycles. The Bertz CT molecular complexity index is 484. The molecule has 0 saturated heterocycles. The summed E-state index contributed by atoms with van der Waals surface area (Å²) in [5, 5.41) is 0. The minimum absolute atomic E-state index is 0.0155. The Morgan fingerprint density at radius 2 is 2.19 bits per heavy atom. The van der Waals surface area contributed by atoms with Crippen LogP contribution in [0.5, 0.6) is 0 Å². The molecule has 1 aromatic carbocycles. The number of carbonyl (C=O) groups is 2. The zero-order valence-corrected chi connectivity index (χ0v) is 10.5. The molecule has 0 atom stereocenters. The topological polar surface area (TPSA) is 46.6 Å². The van der Waals surface area contributed by atoms with Crippen molar-refractivity contribution in [3.8, 4) is 0 Å². The van der Waals surface area contributed by atoms with Gasteiger partial charge in [-0.1, -0.05) is 15.9 Å². The lowest BCUT2D eigenvalue weighted by molar-refractivity contribution is -0.117. The minimum Gasteiger partial charge on any atom is -0.465 e. The molecule has 1 amide bonds.